The van der Waals surface area contributed by atoms with Gasteiger partial charge < -0.3 is 9.47 Å². The molecule has 0 amide bonds. The van der Waals surface area contributed by atoms with E-state index in [1.54, 1.807) is 5.57 Å². The van der Waals surface area contributed by atoms with Crippen molar-refractivity contribution in [3.8, 4) is 0 Å². The SMILES string of the molecule is CCCB1CC2C=C(COC3CCCCO3)CC(C1)C2. The van der Waals surface area contributed by atoms with E-state index in [1.807, 2.05) is 0 Å². The predicted octanol–water partition coefficient (Wildman–Crippen LogP) is 4.40. The molecule has 20 heavy (non-hydrogen) atoms. The molecule has 2 heterocycles. The van der Waals surface area contributed by atoms with Crippen LogP contribution in [0.3, 0.4) is 0 Å². The standard InChI is InChI=1S/C17H29BO2/c1-2-6-18-11-14-8-15(12-18)10-16(9-14)13-20-17-5-3-4-7-19-17/h9,14-15,17H,2-8,10-13H2,1H3. The fraction of sp³-hybridized carbons (Fsp3) is 0.882. The van der Waals surface area contributed by atoms with E-state index in [4.69, 9.17) is 9.47 Å². The third kappa shape index (κ3) is 3.88. The Hall–Kier alpha value is -0.275. The van der Waals surface area contributed by atoms with Crippen molar-refractivity contribution >= 4 is 6.71 Å². The smallest absolute Gasteiger partial charge is 0.158 e. The molecule has 3 rings (SSSR count). The topological polar surface area (TPSA) is 18.5 Å². The van der Waals surface area contributed by atoms with Gasteiger partial charge >= 0.3 is 0 Å². The van der Waals surface area contributed by atoms with Gasteiger partial charge in [0.05, 0.1) is 6.61 Å². The molecular formula is C17H29BO2. The lowest BCUT2D eigenvalue weighted by atomic mass is 9.35. The second-order valence-corrected chi connectivity index (χ2v) is 7.12. The maximum absolute atomic E-state index is 5.97. The van der Waals surface area contributed by atoms with Gasteiger partial charge in [0, 0.05) is 6.61 Å². The van der Waals surface area contributed by atoms with Crippen LogP contribution in [0.5, 0.6) is 0 Å². The molecule has 2 saturated heterocycles. The predicted molar refractivity (Wildman–Crippen MR) is 84.3 cm³/mol. The summed E-state index contributed by atoms with van der Waals surface area (Å²) in [6, 6.07) is 0. The largest absolute Gasteiger partial charge is 0.353 e. The molecule has 0 N–H and O–H groups in total. The lowest BCUT2D eigenvalue weighted by Crippen LogP contribution is -2.32. The molecule has 0 aromatic heterocycles. The molecule has 0 radical (unpaired) electrons. The van der Waals surface area contributed by atoms with Crippen LogP contribution in [-0.4, -0.2) is 26.2 Å². The summed E-state index contributed by atoms with van der Waals surface area (Å²) < 4.78 is 11.6. The second kappa shape index (κ2) is 7.13. The molecule has 0 saturated carbocycles. The average molecular weight is 276 g/mol. The summed E-state index contributed by atoms with van der Waals surface area (Å²) in [5, 5.41) is 0. The molecule has 2 nitrogen and oxygen atoms in total. The fourth-order valence-corrected chi connectivity index (χ4v) is 4.48. The van der Waals surface area contributed by atoms with Gasteiger partial charge in [0.2, 0.25) is 0 Å². The quantitative estimate of drug-likeness (QED) is 0.547. The normalized spacial score (nSPS) is 34.0. The van der Waals surface area contributed by atoms with Gasteiger partial charge in [-0.1, -0.05) is 38.4 Å². The Bertz CT molecular complexity index is 336. The number of ether oxygens (including phenoxy) is 2. The Morgan fingerprint density at radius 3 is 3.05 bits per heavy atom. The number of allylic oxidation sites excluding steroid dienone is 1. The van der Waals surface area contributed by atoms with Crippen molar-refractivity contribution in [2.24, 2.45) is 11.8 Å². The van der Waals surface area contributed by atoms with Crippen molar-refractivity contribution < 1.29 is 9.47 Å². The van der Waals surface area contributed by atoms with Crippen LogP contribution in [0.15, 0.2) is 11.6 Å². The first kappa shape index (κ1) is 14.7. The van der Waals surface area contributed by atoms with Crippen LogP contribution in [0, 0.1) is 11.8 Å². The third-order valence-corrected chi connectivity index (χ3v) is 5.25. The average Bonchev–Trinajstić information content (AvgIpc) is 2.46. The van der Waals surface area contributed by atoms with E-state index in [0.717, 1.165) is 38.2 Å². The summed E-state index contributed by atoms with van der Waals surface area (Å²) in [5.74, 6) is 1.77. The van der Waals surface area contributed by atoms with Crippen LogP contribution in [0.25, 0.3) is 0 Å². The van der Waals surface area contributed by atoms with Crippen LogP contribution >= 0.6 is 0 Å². The molecule has 112 valence electrons. The molecule has 3 unspecified atom stereocenters. The van der Waals surface area contributed by atoms with Gasteiger partial charge in [-0.05, 0) is 49.5 Å². The van der Waals surface area contributed by atoms with Crippen molar-refractivity contribution in [2.45, 2.75) is 70.7 Å². The van der Waals surface area contributed by atoms with E-state index in [-0.39, 0.29) is 6.29 Å². The highest BCUT2D eigenvalue weighted by molar-refractivity contribution is 6.59. The zero-order valence-corrected chi connectivity index (χ0v) is 13.0. The molecule has 2 bridgehead atoms. The van der Waals surface area contributed by atoms with Crippen LogP contribution in [0.1, 0.15) is 45.4 Å². The van der Waals surface area contributed by atoms with Crippen molar-refractivity contribution in [3.63, 3.8) is 0 Å². The highest BCUT2D eigenvalue weighted by atomic mass is 16.7. The van der Waals surface area contributed by atoms with Crippen LogP contribution in [0.2, 0.25) is 19.0 Å². The maximum Gasteiger partial charge on any atom is 0.158 e. The summed E-state index contributed by atoms with van der Waals surface area (Å²) in [5.41, 5.74) is 1.55. The van der Waals surface area contributed by atoms with Gasteiger partial charge in [-0.25, -0.2) is 0 Å². The van der Waals surface area contributed by atoms with Gasteiger partial charge in [0.25, 0.3) is 0 Å². The number of fused-ring (bicyclic) bond motifs is 2. The van der Waals surface area contributed by atoms with E-state index in [2.05, 4.69) is 13.0 Å². The van der Waals surface area contributed by atoms with Gasteiger partial charge in [-0.2, -0.15) is 0 Å². The Morgan fingerprint density at radius 2 is 2.30 bits per heavy atom. The maximum atomic E-state index is 5.97. The van der Waals surface area contributed by atoms with Gasteiger partial charge in [0.1, 0.15) is 6.71 Å². The third-order valence-electron chi connectivity index (χ3n) is 5.25. The molecule has 0 spiro atoms. The second-order valence-electron chi connectivity index (χ2n) is 7.12. The highest BCUT2D eigenvalue weighted by Gasteiger charge is 2.33. The molecule has 1 aliphatic carbocycles. The fourth-order valence-electron chi connectivity index (χ4n) is 4.48. The Kier molecular flexibility index (Phi) is 5.22. The minimum Gasteiger partial charge on any atom is -0.353 e. The summed E-state index contributed by atoms with van der Waals surface area (Å²) >= 11 is 0. The first-order chi connectivity index (χ1) is 9.83. The summed E-state index contributed by atoms with van der Waals surface area (Å²) in [7, 11) is 0. The van der Waals surface area contributed by atoms with E-state index in [0.29, 0.717) is 0 Å². The first-order valence-electron chi connectivity index (χ1n) is 8.76. The molecular weight excluding hydrogens is 247 g/mol. The molecule has 3 atom stereocenters. The van der Waals surface area contributed by atoms with Crippen molar-refractivity contribution in [1.29, 1.82) is 0 Å². The molecule has 2 aliphatic heterocycles. The van der Waals surface area contributed by atoms with Gasteiger partial charge in [-0.3, -0.25) is 0 Å². The van der Waals surface area contributed by atoms with E-state index in [1.165, 1.54) is 51.1 Å². The lowest BCUT2D eigenvalue weighted by Gasteiger charge is -2.37. The van der Waals surface area contributed by atoms with E-state index < -0.39 is 0 Å². The molecule has 0 aromatic carbocycles. The molecule has 3 aliphatic rings. The van der Waals surface area contributed by atoms with Gasteiger partial charge in [-0.15, -0.1) is 0 Å². The van der Waals surface area contributed by atoms with Crippen LogP contribution in [-0.2, 0) is 9.47 Å². The van der Waals surface area contributed by atoms with Crippen molar-refractivity contribution in [3.05, 3.63) is 11.6 Å². The molecule has 3 heteroatoms. The van der Waals surface area contributed by atoms with Gasteiger partial charge in [0.15, 0.2) is 6.29 Å². The summed E-state index contributed by atoms with van der Waals surface area (Å²) in [6.07, 6.45) is 14.5. The first-order valence-corrected chi connectivity index (χ1v) is 8.76. The van der Waals surface area contributed by atoms with Crippen molar-refractivity contribution in [2.75, 3.05) is 13.2 Å². The number of hydrogen-bond acceptors (Lipinski definition) is 2. The monoisotopic (exact) mass is 276 g/mol. The Balaban J connectivity index is 1.48. The summed E-state index contributed by atoms with van der Waals surface area (Å²) in [4.78, 5) is 0. The van der Waals surface area contributed by atoms with Crippen LogP contribution < -0.4 is 0 Å². The Morgan fingerprint density at radius 1 is 1.35 bits per heavy atom. The summed E-state index contributed by atoms with van der Waals surface area (Å²) in [6.45, 7) is 5.01. The molecule has 2 fully saturated rings. The van der Waals surface area contributed by atoms with Crippen LogP contribution in [0.4, 0.5) is 0 Å². The minimum absolute atomic E-state index is 0.0688. The molecule has 0 aromatic rings. The highest BCUT2D eigenvalue weighted by Crippen LogP contribution is 2.41. The lowest BCUT2D eigenvalue weighted by molar-refractivity contribution is -0.157. The van der Waals surface area contributed by atoms with Crippen molar-refractivity contribution in [1.82, 2.24) is 0 Å². The van der Waals surface area contributed by atoms with E-state index >= 15 is 0 Å². The van der Waals surface area contributed by atoms with E-state index in [9.17, 15) is 0 Å². The number of hydrogen-bond donors (Lipinski definition) is 0. The Labute approximate surface area is 124 Å². The minimum atomic E-state index is 0.0688. The number of rotatable bonds is 5. The zero-order valence-electron chi connectivity index (χ0n) is 13.0. The zero-order chi connectivity index (χ0) is 13.8.